The number of hydrogen-bond donors (Lipinski definition) is 0. The summed E-state index contributed by atoms with van der Waals surface area (Å²) in [5, 5.41) is 0. The zero-order valence-electron chi connectivity index (χ0n) is 17.3. The van der Waals surface area contributed by atoms with Crippen LogP contribution in [0.1, 0.15) is 116 Å². The van der Waals surface area contributed by atoms with Crippen molar-refractivity contribution in [2.24, 2.45) is 0 Å². The van der Waals surface area contributed by atoms with Gasteiger partial charge in [0.15, 0.2) is 0 Å². The first-order valence-corrected chi connectivity index (χ1v) is 15.8. The molecular formula is C24H44P2. The summed E-state index contributed by atoms with van der Waals surface area (Å²) in [7, 11) is 0.902. The van der Waals surface area contributed by atoms with E-state index < -0.39 is 0 Å². The molecule has 0 spiro atoms. The van der Waals surface area contributed by atoms with Crippen LogP contribution in [0.5, 0.6) is 0 Å². The van der Waals surface area contributed by atoms with Gasteiger partial charge in [0.05, 0.1) is 0 Å². The standard InChI is InChI=1S/C24H44P2/c1(3-5-19-25(21-11-7-12-21)22-13-8-14-22)2-4-6-20-26(23-15-9-16-23)24-17-10-18-24/h21-24H,1-20H2. The molecule has 0 aliphatic heterocycles. The Hall–Kier alpha value is 0.860. The maximum Gasteiger partial charge on any atom is -0.0207 e. The summed E-state index contributed by atoms with van der Waals surface area (Å²) in [6.45, 7) is 0. The predicted molar refractivity (Wildman–Crippen MR) is 122 cm³/mol. The Balaban J connectivity index is 1.03. The number of hydrogen-bond acceptors (Lipinski definition) is 0. The van der Waals surface area contributed by atoms with Gasteiger partial charge in [-0.25, -0.2) is 0 Å². The normalized spacial score (nSPS) is 25.2. The second kappa shape index (κ2) is 10.6. The first kappa shape index (κ1) is 20.1. The fourth-order valence-electron chi connectivity index (χ4n) is 5.50. The van der Waals surface area contributed by atoms with E-state index >= 15 is 0 Å². The minimum Gasteiger partial charge on any atom is -0.100 e. The van der Waals surface area contributed by atoms with E-state index in [9.17, 15) is 0 Å². The smallest absolute Gasteiger partial charge is 0.0207 e. The van der Waals surface area contributed by atoms with Crippen LogP contribution in [0.15, 0.2) is 0 Å². The van der Waals surface area contributed by atoms with Gasteiger partial charge >= 0.3 is 0 Å². The molecular weight excluding hydrogens is 350 g/mol. The van der Waals surface area contributed by atoms with Crippen LogP contribution >= 0.6 is 15.8 Å². The summed E-state index contributed by atoms with van der Waals surface area (Å²) in [4.78, 5) is 0. The summed E-state index contributed by atoms with van der Waals surface area (Å²) >= 11 is 0. The molecule has 0 aromatic carbocycles. The topological polar surface area (TPSA) is 0 Å². The molecule has 0 aromatic heterocycles. The van der Waals surface area contributed by atoms with Gasteiger partial charge in [-0.05, 0) is 99.2 Å². The summed E-state index contributed by atoms with van der Waals surface area (Å²) in [6.07, 6.45) is 31.7. The molecule has 0 saturated heterocycles. The van der Waals surface area contributed by atoms with Crippen molar-refractivity contribution >= 4 is 15.8 Å². The van der Waals surface area contributed by atoms with Crippen molar-refractivity contribution in [3.63, 3.8) is 0 Å². The van der Waals surface area contributed by atoms with Gasteiger partial charge in [-0.2, -0.15) is 0 Å². The van der Waals surface area contributed by atoms with E-state index in [4.69, 9.17) is 0 Å². The van der Waals surface area contributed by atoms with Crippen LogP contribution in [0.3, 0.4) is 0 Å². The second-order valence-corrected chi connectivity index (χ2v) is 15.8. The number of rotatable bonds is 13. The van der Waals surface area contributed by atoms with E-state index in [1.54, 1.807) is 128 Å². The van der Waals surface area contributed by atoms with Gasteiger partial charge in [0.25, 0.3) is 0 Å². The zero-order chi connectivity index (χ0) is 17.6. The highest BCUT2D eigenvalue weighted by Gasteiger charge is 2.35. The Morgan fingerprint density at radius 1 is 0.385 bits per heavy atom. The van der Waals surface area contributed by atoms with Crippen LogP contribution in [0.25, 0.3) is 0 Å². The summed E-state index contributed by atoms with van der Waals surface area (Å²) in [5.41, 5.74) is 4.86. The van der Waals surface area contributed by atoms with Crippen molar-refractivity contribution < 1.29 is 0 Å². The van der Waals surface area contributed by atoms with Crippen molar-refractivity contribution in [3.8, 4) is 0 Å². The largest absolute Gasteiger partial charge is 0.100 e. The SMILES string of the molecule is C(CCCCP(C1CCC1)C1CCC1)CCCP(C1CCC1)C1CCC1. The Morgan fingerprint density at radius 3 is 0.885 bits per heavy atom. The first-order chi connectivity index (χ1) is 12.9. The molecule has 4 rings (SSSR count). The molecule has 0 N–H and O–H groups in total. The van der Waals surface area contributed by atoms with Crippen molar-refractivity contribution in [2.75, 3.05) is 12.3 Å². The van der Waals surface area contributed by atoms with Crippen LogP contribution in [0.2, 0.25) is 0 Å². The second-order valence-electron chi connectivity index (χ2n) is 9.94. The molecule has 150 valence electrons. The Labute approximate surface area is 166 Å². The van der Waals surface area contributed by atoms with Crippen LogP contribution in [0.4, 0.5) is 0 Å². The summed E-state index contributed by atoms with van der Waals surface area (Å²) in [5.74, 6) is 0. The van der Waals surface area contributed by atoms with Crippen molar-refractivity contribution in [1.29, 1.82) is 0 Å². The molecule has 2 heteroatoms. The molecule has 4 aliphatic rings. The zero-order valence-corrected chi connectivity index (χ0v) is 19.1. The summed E-state index contributed by atoms with van der Waals surface area (Å²) in [6, 6.07) is 0. The van der Waals surface area contributed by atoms with Crippen LogP contribution < -0.4 is 0 Å². The maximum atomic E-state index is 1.65. The molecule has 4 fully saturated rings. The Kier molecular flexibility index (Phi) is 8.20. The molecule has 0 amide bonds. The Bertz CT molecular complexity index is 327. The molecule has 0 unspecified atom stereocenters. The third-order valence-electron chi connectivity index (χ3n) is 8.26. The van der Waals surface area contributed by atoms with Crippen LogP contribution in [-0.4, -0.2) is 35.0 Å². The van der Waals surface area contributed by atoms with E-state index in [0.717, 1.165) is 0 Å². The van der Waals surface area contributed by atoms with E-state index in [0.29, 0.717) is 15.8 Å². The lowest BCUT2D eigenvalue weighted by atomic mass is 9.99. The van der Waals surface area contributed by atoms with Crippen LogP contribution in [-0.2, 0) is 0 Å². The van der Waals surface area contributed by atoms with Gasteiger partial charge in [-0.15, -0.1) is 15.8 Å². The highest BCUT2D eigenvalue weighted by Crippen LogP contribution is 2.60. The highest BCUT2D eigenvalue weighted by atomic mass is 31.1. The fourth-order valence-corrected chi connectivity index (χ4v) is 13.4. The van der Waals surface area contributed by atoms with E-state index in [2.05, 4.69) is 0 Å². The Morgan fingerprint density at radius 2 is 0.654 bits per heavy atom. The van der Waals surface area contributed by atoms with Gasteiger partial charge in [0.1, 0.15) is 0 Å². The van der Waals surface area contributed by atoms with Crippen molar-refractivity contribution in [1.82, 2.24) is 0 Å². The highest BCUT2D eigenvalue weighted by molar-refractivity contribution is 7.59. The van der Waals surface area contributed by atoms with Gasteiger partial charge in [0.2, 0.25) is 0 Å². The fraction of sp³-hybridized carbons (Fsp3) is 1.00. The minimum absolute atomic E-state index is 0.451. The minimum atomic E-state index is 0.451. The molecule has 4 saturated carbocycles. The molecule has 0 heterocycles. The van der Waals surface area contributed by atoms with Crippen LogP contribution in [0, 0.1) is 0 Å². The van der Waals surface area contributed by atoms with Crippen molar-refractivity contribution in [2.45, 2.75) is 138 Å². The maximum absolute atomic E-state index is 1.65. The predicted octanol–water partition coefficient (Wildman–Crippen LogP) is 8.50. The quantitative estimate of drug-likeness (QED) is 0.217. The average Bonchev–Trinajstić information content (AvgIpc) is 2.42. The van der Waals surface area contributed by atoms with Gasteiger partial charge in [-0.1, -0.05) is 51.4 Å². The van der Waals surface area contributed by atoms with E-state index in [1.165, 1.54) is 22.6 Å². The molecule has 26 heavy (non-hydrogen) atoms. The van der Waals surface area contributed by atoms with Gasteiger partial charge in [-0.3, -0.25) is 0 Å². The molecule has 0 bridgehead atoms. The third-order valence-corrected chi connectivity index (χ3v) is 15.7. The molecule has 0 aromatic rings. The van der Waals surface area contributed by atoms with Crippen molar-refractivity contribution in [3.05, 3.63) is 0 Å². The van der Waals surface area contributed by atoms with Gasteiger partial charge < -0.3 is 0 Å². The molecule has 0 atom stereocenters. The van der Waals surface area contributed by atoms with Gasteiger partial charge in [0, 0.05) is 0 Å². The van der Waals surface area contributed by atoms with E-state index in [1.807, 2.05) is 0 Å². The summed E-state index contributed by atoms with van der Waals surface area (Å²) < 4.78 is 0. The van der Waals surface area contributed by atoms with E-state index in [-0.39, 0.29) is 0 Å². The monoisotopic (exact) mass is 394 g/mol. The molecule has 4 aliphatic carbocycles. The third kappa shape index (κ3) is 5.26. The lowest BCUT2D eigenvalue weighted by Gasteiger charge is -2.43. The average molecular weight is 395 g/mol. The lowest BCUT2D eigenvalue weighted by Crippen LogP contribution is -2.27. The lowest BCUT2D eigenvalue weighted by molar-refractivity contribution is 0.472. The number of unbranched alkanes of at least 4 members (excludes halogenated alkanes) is 5. The first-order valence-electron chi connectivity index (χ1n) is 12.4. The molecule has 0 radical (unpaired) electrons. The molecule has 0 nitrogen and oxygen atoms in total.